The lowest BCUT2D eigenvalue weighted by Gasteiger charge is -2.24. The van der Waals surface area contributed by atoms with Crippen molar-refractivity contribution in [1.29, 1.82) is 0 Å². The molecule has 1 aliphatic heterocycles. The minimum atomic E-state index is -0.349. The lowest BCUT2D eigenvalue weighted by atomic mass is 10.0. The van der Waals surface area contributed by atoms with Crippen LogP contribution in [-0.2, 0) is 11.3 Å². The van der Waals surface area contributed by atoms with Gasteiger partial charge in [0.1, 0.15) is 0 Å². The van der Waals surface area contributed by atoms with Crippen LogP contribution in [0.2, 0.25) is 0 Å². The first-order valence-electron chi connectivity index (χ1n) is 7.28. The molecule has 0 radical (unpaired) electrons. The van der Waals surface area contributed by atoms with Crippen molar-refractivity contribution in [3.05, 3.63) is 70.2 Å². The SMILES string of the molecule is O=C(c1ccccc1)C1CCC(=O)N1Cc1ccc(Br)cc1. The molecule has 2 aromatic carbocycles. The second kappa shape index (κ2) is 6.44. The van der Waals surface area contributed by atoms with Gasteiger partial charge in [-0.3, -0.25) is 9.59 Å². The van der Waals surface area contributed by atoms with Crippen LogP contribution in [0.3, 0.4) is 0 Å². The van der Waals surface area contributed by atoms with Crippen molar-refractivity contribution in [1.82, 2.24) is 4.90 Å². The Hall–Kier alpha value is -1.94. The number of carbonyl (C=O) groups excluding carboxylic acids is 2. The first-order chi connectivity index (χ1) is 10.6. The van der Waals surface area contributed by atoms with Gasteiger partial charge in [-0.1, -0.05) is 58.4 Å². The van der Waals surface area contributed by atoms with Gasteiger partial charge in [0.25, 0.3) is 0 Å². The zero-order valence-corrected chi connectivity index (χ0v) is 13.6. The van der Waals surface area contributed by atoms with Crippen molar-refractivity contribution in [3.63, 3.8) is 0 Å². The van der Waals surface area contributed by atoms with Gasteiger partial charge < -0.3 is 4.90 Å². The summed E-state index contributed by atoms with van der Waals surface area (Å²) < 4.78 is 1.00. The molecule has 0 aliphatic carbocycles. The van der Waals surface area contributed by atoms with E-state index in [1.807, 2.05) is 54.6 Å². The van der Waals surface area contributed by atoms with Crippen molar-refractivity contribution < 1.29 is 9.59 Å². The molecule has 4 heteroatoms. The van der Waals surface area contributed by atoms with Gasteiger partial charge in [-0.05, 0) is 24.1 Å². The van der Waals surface area contributed by atoms with Crippen LogP contribution in [0.4, 0.5) is 0 Å². The fraction of sp³-hybridized carbons (Fsp3) is 0.222. The van der Waals surface area contributed by atoms with Crippen LogP contribution in [0, 0.1) is 0 Å². The van der Waals surface area contributed by atoms with Crippen molar-refractivity contribution >= 4 is 27.6 Å². The van der Waals surface area contributed by atoms with Gasteiger partial charge in [-0.15, -0.1) is 0 Å². The number of hydrogen-bond acceptors (Lipinski definition) is 2. The van der Waals surface area contributed by atoms with Gasteiger partial charge in [-0.2, -0.15) is 0 Å². The number of amides is 1. The van der Waals surface area contributed by atoms with E-state index < -0.39 is 0 Å². The maximum absolute atomic E-state index is 12.6. The fourth-order valence-electron chi connectivity index (χ4n) is 2.79. The van der Waals surface area contributed by atoms with E-state index in [-0.39, 0.29) is 17.7 Å². The number of halogens is 1. The van der Waals surface area contributed by atoms with E-state index in [1.165, 1.54) is 0 Å². The summed E-state index contributed by atoms with van der Waals surface area (Å²) in [6.07, 6.45) is 1.04. The molecule has 1 fully saturated rings. The monoisotopic (exact) mass is 357 g/mol. The van der Waals surface area contributed by atoms with E-state index >= 15 is 0 Å². The summed E-state index contributed by atoms with van der Waals surface area (Å²) in [4.78, 5) is 26.5. The average Bonchev–Trinajstić information content (AvgIpc) is 2.91. The molecule has 3 rings (SSSR count). The molecule has 0 N–H and O–H groups in total. The van der Waals surface area contributed by atoms with E-state index in [2.05, 4.69) is 15.9 Å². The van der Waals surface area contributed by atoms with E-state index in [1.54, 1.807) is 4.90 Å². The van der Waals surface area contributed by atoms with E-state index in [0.717, 1.165) is 10.0 Å². The van der Waals surface area contributed by atoms with E-state index in [4.69, 9.17) is 0 Å². The molecular formula is C18H16BrNO2. The third kappa shape index (κ3) is 3.12. The molecule has 3 nitrogen and oxygen atoms in total. The Bertz CT molecular complexity index is 682. The molecule has 0 spiro atoms. The molecule has 112 valence electrons. The minimum Gasteiger partial charge on any atom is -0.328 e. The molecule has 1 atom stereocenters. The predicted molar refractivity (Wildman–Crippen MR) is 88.5 cm³/mol. The minimum absolute atomic E-state index is 0.0311. The standard InChI is InChI=1S/C18H16BrNO2/c19-15-8-6-13(7-9-15)12-20-16(10-11-17(20)21)18(22)14-4-2-1-3-5-14/h1-9,16H,10-12H2. The van der Waals surface area contributed by atoms with Crippen LogP contribution in [0.5, 0.6) is 0 Å². The largest absolute Gasteiger partial charge is 0.328 e. The van der Waals surface area contributed by atoms with Gasteiger partial charge in [0.2, 0.25) is 5.91 Å². The van der Waals surface area contributed by atoms with Gasteiger partial charge in [-0.25, -0.2) is 0 Å². The Labute approximate surface area is 138 Å². The molecule has 0 saturated carbocycles. The van der Waals surface area contributed by atoms with Crippen LogP contribution in [0.25, 0.3) is 0 Å². The second-order valence-electron chi connectivity index (χ2n) is 5.43. The number of hydrogen-bond donors (Lipinski definition) is 0. The lowest BCUT2D eigenvalue weighted by molar-refractivity contribution is -0.129. The third-order valence-corrected chi connectivity index (χ3v) is 4.48. The second-order valence-corrected chi connectivity index (χ2v) is 6.35. The molecule has 0 aromatic heterocycles. The summed E-state index contributed by atoms with van der Waals surface area (Å²) in [5, 5.41) is 0. The summed E-state index contributed by atoms with van der Waals surface area (Å²) in [5.41, 5.74) is 1.70. The van der Waals surface area contributed by atoms with Gasteiger partial charge >= 0.3 is 0 Å². The topological polar surface area (TPSA) is 37.4 Å². The van der Waals surface area contributed by atoms with Crippen LogP contribution in [-0.4, -0.2) is 22.6 Å². The van der Waals surface area contributed by atoms with Crippen molar-refractivity contribution in [2.45, 2.75) is 25.4 Å². The number of rotatable bonds is 4. The highest BCUT2D eigenvalue weighted by Gasteiger charge is 2.36. The Morgan fingerprint density at radius 3 is 2.45 bits per heavy atom. The smallest absolute Gasteiger partial charge is 0.223 e. The van der Waals surface area contributed by atoms with Crippen molar-refractivity contribution in [2.24, 2.45) is 0 Å². The quantitative estimate of drug-likeness (QED) is 0.780. The van der Waals surface area contributed by atoms with Gasteiger partial charge in [0, 0.05) is 23.0 Å². The van der Waals surface area contributed by atoms with Crippen LogP contribution in [0.1, 0.15) is 28.8 Å². The molecule has 1 aliphatic rings. The molecule has 1 amide bonds. The molecule has 1 saturated heterocycles. The number of likely N-dealkylation sites (tertiary alicyclic amines) is 1. The predicted octanol–water partition coefficient (Wildman–Crippen LogP) is 3.82. The summed E-state index contributed by atoms with van der Waals surface area (Å²) in [6.45, 7) is 0.482. The molecule has 2 aromatic rings. The molecule has 22 heavy (non-hydrogen) atoms. The Kier molecular flexibility index (Phi) is 4.39. The number of Topliss-reactive ketones (excluding diaryl/α,β-unsaturated/α-hetero) is 1. The zero-order valence-electron chi connectivity index (χ0n) is 12.0. The van der Waals surface area contributed by atoms with Crippen LogP contribution < -0.4 is 0 Å². The number of benzene rings is 2. The van der Waals surface area contributed by atoms with E-state index in [0.29, 0.717) is 24.9 Å². The first kappa shape index (κ1) is 15.0. The number of carbonyl (C=O) groups is 2. The molecular weight excluding hydrogens is 342 g/mol. The summed E-state index contributed by atoms with van der Waals surface area (Å²) in [5.74, 6) is 0.0840. The summed E-state index contributed by atoms with van der Waals surface area (Å²) >= 11 is 3.40. The van der Waals surface area contributed by atoms with Crippen LogP contribution in [0.15, 0.2) is 59.1 Å². The average molecular weight is 358 g/mol. The highest BCUT2D eigenvalue weighted by molar-refractivity contribution is 9.10. The normalized spacial score (nSPS) is 17.8. The Morgan fingerprint density at radius 1 is 1.09 bits per heavy atom. The Morgan fingerprint density at radius 2 is 1.77 bits per heavy atom. The van der Waals surface area contributed by atoms with Gasteiger partial charge in [0.05, 0.1) is 6.04 Å². The zero-order chi connectivity index (χ0) is 15.5. The van der Waals surface area contributed by atoms with Gasteiger partial charge in [0.15, 0.2) is 5.78 Å². The fourth-order valence-corrected chi connectivity index (χ4v) is 3.05. The maximum atomic E-state index is 12.6. The first-order valence-corrected chi connectivity index (χ1v) is 8.07. The van der Waals surface area contributed by atoms with Crippen molar-refractivity contribution in [3.8, 4) is 0 Å². The van der Waals surface area contributed by atoms with Crippen LogP contribution >= 0.6 is 15.9 Å². The highest BCUT2D eigenvalue weighted by Crippen LogP contribution is 2.25. The molecule has 1 unspecified atom stereocenters. The third-order valence-electron chi connectivity index (χ3n) is 3.96. The number of nitrogens with zero attached hydrogens (tertiary/aromatic N) is 1. The maximum Gasteiger partial charge on any atom is 0.223 e. The number of ketones is 1. The Balaban J connectivity index is 1.80. The summed E-state index contributed by atoms with van der Waals surface area (Å²) in [7, 11) is 0. The highest BCUT2D eigenvalue weighted by atomic mass is 79.9. The van der Waals surface area contributed by atoms with Crippen molar-refractivity contribution in [2.75, 3.05) is 0 Å². The lowest BCUT2D eigenvalue weighted by Crippen LogP contribution is -2.38. The summed E-state index contributed by atoms with van der Waals surface area (Å²) in [6, 6.07) is 16.7. The molecule has 0 bridgehead atoms. The van der Waals surface area contributed by atoms with E-state index in [9.17, 15) is 9.59 Å². The molecule has 1 heterocycles.